The molecule has 19 heavy (non-hydrogen) atoms. The maximum Gasteiger partial charge on any atom is 0.215 e. The molecular weight excluding hydrogens is 282 g/mol. The summed E-state index contributed by atoms with van der Waals surface area (Å²) in [6.07, 6.45) is 2.01. The summed E-state index contributed by atoms with van der Waals surface area (Å²) in [5.41, 5.74) is 1.42. The molecule has 0 fully saturated rings. The first kappa shape index (κ1) is 16.5. The van der Waals surface area contributed by atoms with Crippen LogP contribution in [0.1, 0.15) is 18.1 Å². The van der Waals surface area contributed by atoms with Gasteiger partial charge in [0.15, 0.2) is 0 Å². The van der Waals surface area contributed by atoms with Gasteiger partial charge in [-0.25, -0.2) is 13.1 Å². The zero-order valence-electron chi connectivity index (χ0n) is 11.3. The van der Waals surface area contributed by atoms with Crippen LogP contribution in [0.25, 0.3) is 0 Å². The van der Waals surface area contributed by atoms with Gasteiger partial charge >= 0.3 is 0 Å². The van der Waals surface area contributed by atoms with E-state index in [1.54, 1.807) is 36.0 Å². The number of nitrogens with one attached hydrogen (secondary N) is 1. The topological polar surface area (TPSA) is 66.4 Å². The number of thioether (sulfide) groups is 1. The van der Waals surface area contributed by atoms with Gasteiger partial charge in [-0.15, -0.1) is 0 Å². The van der Waals surface area contributed by atoms with Crippen molar-refractivity contribution in [3.63, 3.8) is 0 Å². The quantitative estimate of drug-likeness (QED) is 0.765. The molecule has 1 aromatic rings. The number of rotatable bonds is 8. The largest absolute Gasteiger partial charge is 0.392 e. The molecule has 1 unspecified atom stereocenters. The van der Waals surface area contributed by atoms with E-state index in [1.165, 1.54) is 0 Å². The Morgan fingerprint density at radius 3 is 2.68 bits per heavy atom. The van der Waals surface area contributed by atoms with Crippen LogP contribution in [0.5, 0.6) is 0 Å². The van der Waals surface area contributed by atoms with Gasteiger partial charge in [0.1, 0.15) is 0 Å². The van der Waals surface area contributed by atoms with Gasteiger partial charge in [-0.1, -0.05) is 31.2 Å². The smallest absolute Gasteiger partial charge is 0.215 e. The molecule has 0 aliphatic rings. The molecule has 6 heteroatoms. The fraction of sp³-hybridized carbons (Fsp3) is 0.538. The van der Waals surface area contributed by atoms with Gasteiger partial charge in [-0.2, -0.15) is 11.8 Å². The molecule has 0 amide bonds. The number of sulfonamides is 1. The number of aliphatic hydroxyl groups excluding tert-OH is 1. The average Bonchev–Trinajstić information content (AvgIpc) is 2.37. The van der Waals surface area contributed by atoms with Crippen LogP contribution in [0.3, 0.4) is 0 Å². The van der Waals surface area contributed by atoms with Gasteiger partial charge in [-0.3, -0.25) is 0 Å². The third-order valence-corrected chi connectivity index (χ3v) is 4.86. The Hall–Kier alpha value is -0.560. The SMILES string of the molecule is CSCC(C)CNS(=O)(=O)Cc1cccc(CO)c1. The van der Waals surface area contributed by atoms with Gasteiger partial charge < -0.3 is 5.11 Å². The third-order valence-electron chi connectivity index (χ3n) is 2.63. The second kappa shape index (κ2) is 7.89. The third kappa shape index (κ3) is 6.42. The molecule has 1 aromatic carbocycles. The zero-order valence-corrected chi connectivity index (χ0v) is 12.9. The second-order valence-corrected chi connectivity index (χ2v) is 7.36. The minimum atomic E-state index is -3.31. The van der Waals surface area contributed by atoms with Crippen LogP contribution in [0.4, 0.5) is 0 Å². The summed E-state index contributed by atoms with van der Waals surface area (Å²) in [5.74, 6) is 1.20. The first-order valence-electron chi connectivity index (χ1n) is 6.12. The van der Waals surface area contributed by atoms with Crippen molar-refractivity contribution in [1.29, 1.82) is 0 Å². The fourth-order valence-electron chi connectivity index (χ4n) is 1.70. The highest BCUT2D eigenvalue weighted by molar-refractivity contribution is 7.98. The molecule has 0 aromatic heterocycles. The predicted molar refractivity (Wildman–Crippen MR) is 80.5 cm³/mol. The van der Waals surface area contributed by atoms with Crippen LogP contribution >= 0.6 is 11.8 Å². The van der Waals surface area contributed by atoms with Crippen LogP contribution in [-0.2, 0) is 22.4 Å². The van der Waals surface area contributed by atoms with Crippen molar-refractivity contribution < 1.29 is 13.5 Å². The normalized spacial score (nSPS) is 13.4. The molecule has 0 aliphatic heterocycles. The van der Waals surface area contributed by atoms with E-state index < -0.39 is 10.0 Å². The molecule has 0 heterocycles. The lowest BCUT2D eigenvalue weighted by Crippen LogP contribution is -2.30. The van der Waals surface area contributed by atoms with Crippen molar-refractivity contribution in [2.24, 2.45) is 5.92 Å². The summed E-state index contributed by atoms with van der Waals surface area (Å²) >= 11 is 1.71. The van der Waals surface area contributed by atoms with Crippen molar-refractivity contribution in [3.8, 4) is 0 Å². The molecule has 1 atom stereocenters. The minimum Gasteiger partial charge on any atom is -0.392 e. The van der Waals surface area contributed by atoms with Crippen molar-refractivity contribution in [3.05, 3.63) is 35.4 Å². The summed E-state index contributed by atoms with van der Waals surface area (Å²) in [7, 11) is -3.31. The molecule has 0 radical (unpaired) electrons. The van der Waals surface area contributed by atoms with Crippen LogP contribution in [-0.4, -0.2) is 32.1 Å². The number of hydrogen-bond acceptors (Lipinski definition) is 4. The molecular formula is C13H21NO3S2. The summed E-state index contributed by atoms with van der Waals surface area (Å²) < 4.78 is 26.5. The monoisotopic (exact) mass is 303 g/mol. The average molecular weight is 303 g/mol. The van der Waals surface area contributed by atoms with Gasteiger partial charge in [0.2, 0.25) is 10.0 Å². The zero-order chi connectivity index (χ0) is 14.3. The molecule has 1 rings (SSSR count). The molecule has 0 bridgehead atoms. The lowest BCUT2D eigenvalue weighted by atomic mass is 10.1. The van der Waals surface area contributed by atoms with Gasteiger partial charge in [0.25, 0.3) is 0 Å². The van der Waals surface area contributed by atoms with E-state index in [4.69, 9.17) is 5.11 Å². The number of benzene rings is 1. The Morgan fingerprint density at radius 2 is 2.05 bits per heavy atom. The van der Waals surface area contributed by atoms with Crippen LogP contribution in [0.15, 0.2) is 24.3 Å². The number of aliphatic hydroxyl groups is 1. The number of hydrogen-bond donors (Lipinski definition) is 2. The van der Waals surface area contributed by atoms with Crippen molar-refractivity contribution in [1.82, 2.24) is 4.72 Å². The summed E-state index contributed by atoms with van der Waals surface area (Å²) in [6.45, 7) is 2.40. The van der Waals surface area contributed by atoms with E-state index in [1.807, 2.05) is 13.2 Å². The summed E-state index contributed by atoms with van der Waals surface area (Å²) in [4.78, 5) is 0. The Bertz CT molecular complexity index is 488. The lowest BCUT2D eigenvalue weighted by molar-refractivity contribution is 0.282. The van der Waals surface area contributed by atoms with E-state index in [-0.39, 0.29) is 12.4 Å². The van der Waals surface area contributed by atoms with Gasteiger partial charge in [0.05, 0.1) is 12.4 Å². The summed E-state index contributed by atoms with van der Waals surface area (Å²) in [6, 6.07) is 6.99. The molecule has 4 nitrogen and oxygen atoms in total. The van der Waals surface area contributed by atoms with E-state index >= 15 is 0 Å². The van der Waals surface area contributed by atoms with E-state index in [0.29, 0.717) is 18.0 Å². The van der Waals surface area contributed by atoms with E-state index in [0.717, 1.165) is 11.3 Å². The molecule has 0 spiro atoms. The van der Waals surface area contributed by atoms with E-state index in [9.17, 15) is 8.42 Å². The van der Waals surface area contributed by atoms with Gasteiger partial charge in [-0.05, 0) is 29.1 Å². The Morgan fingerprint density at radius 1 is 1.37 bits per heavy atom. The standard InChI is InChI=1S/C13H21NO3S2/c1-11(9-18-2)7-14-19(16,17)10-13-5-3-4-12(6-13)8-15/h3-6,11,14-15H,7-10H2,1-2H3. The Labute approximate surface area is 119 Å². The fourth-order valence-corrected chi connectivity index (χ4v) is 3.65. The molecule has 0 saturated carbocycles. The lowest BCUT2D eigenvalue weighted by Gasteiger charge is -2.12. The molecule has 108 valence electrons. The molecule has 0 saturated heterocycles. The molecule has 0 aliphatic carbocycles. The van der Waals surface area contributed by atoms with Crippen LogP contribution < -0.4 is 4.72 Å². The molecule has 2 N–H and O–H groups in total. The predicted octanol–water partition coefficient (Wildman–Crippen LogP) is 1.60. The summed E-state index contributed by atoms with van der Waals surface area (Å²) in [5, 5.41) is 9.03. The second-order valence-electron chi connectivity index (χ2n) is 4.65. The first-order valence-corrected chi connectivity index (χ1v) is 9.16. The highest BCUT2D eigenvalue weighted by atomic mass is 32.2. The Kier molecular flexibility index (Phi) is 6.85. The van der Waals surface area contributed by atoms with Crippen molar-refractivity contribution >= 4 is 21.8 Å². The van der Waals surface area contributed by atoms with Crippen molar-refractivity contribution in [2.75, 3.05) is 18.6 Å². The highest BCUT2D eigenvalue weighted by Crippen LogP contribution is 2.09. The van der Waals surface area contributed by atoms with Crippen molar-refractivity contribution in [2.45, 2.75) is 19.3 Å². The maximum absolute atomic E-state index is 11.9. The highest BCUT2D eigenvalue weighted by Gasteiger charge is 2.13. The minimum absolute atomic E-state index is 0.0488. The van der Waals surface area contributed by atoms with Crippen LogP contribution in [0, 0.1) is 5.92 Å². The van der Waals surface area contributed by atoms with Crippen LogP contribution in [0.2, 0.25) is 0 Å². The Balaban J connectivity index is 2.58. The first-order chi connectivity index (χ1) is 8.96. The van der Waals surface area contributed by atoms with Gasteiger partial charge in [0, 0.05) is 6.54 Å². The van der Waals surface area contributed by atoms with E-state index in [2.05, 4.69) is 4.72 Å². The maximum atomic E-state index is 11.9.